The second-order valence-corrected chi connectivity index (χ2v) is 8.36. The molecule has 0 saturated carbocycles. The average Bonchev–Trinajstić information content (AvgIpc) is 3.47. The number of rotatable bonds is 8. The molecule has 0 saturated heterocycles. The highest BCUT2D eigenvalue weighted by Gasteiger charge is 2.18. The van der Waals surface area contributed by atoms with E-state index in [1.54, 1.807) is 16.5 Å². The Balaban J connectivity index is 1.35. The maximum absolute atomic E-state index is 12.5. The van der Waals surface area contributed by atoms with E-state index in [0.29, 0.717) is 31.0 Å². The molecule has 0 spiro atoms. The molecule has 3 heterocycles. The van der Waals surface area contributed by atoms with E-state index in [1.165, 1.54) is 18.4 Å². The van der Waals surface area contributed by atoms with Crippen molar-refractivity contribution in [2.45, 2.75) is 26.4 Å². The number of ether oxygens (including phenoxy) is 1. The van der Waals surface area contributed by atoms with Gasteiger partial charge in [0.2, 0.25) is 0 Å². The van der Waals surface area contributed by atoms with Crippen LogP contribution in [0.5, 0.6) is 0 Å². The third kappa shape index (κ3) is 5.53. The molecular weight excluding hydrogens is 440 g/mol. The molecule has 0 bridgehead atoms. The van der Waals surface area contributed by atoms with E-state index >= 15 is 0 Å². The zero-order chi connectivity index (χ0) is 23.2. The van der Waals surface area contributed by atoms with Crippen LogP contribution in [0.1, 0.15) is 32.6 Å². The number of methoxy groups -OCH3 is 1. The van der Waals surface area contributed by atoms with Crippen molar-refractivity contribution in [1.82, 2.24) is 30.2 Å². The zero-order valence-electron chi connectivity index (χ0n) is 18.4. The summed E-state index contributed by atoms with van der Waals surface area (Å²) in [6, 6.07) is 11.5. The number of nitrogens with one attached hydrogen (secondary N) is 2. The van der Waals surface area contributed by atoms with Gasteiger partial charge in [-0.1, -0.05) is 18.2 Å². The Morgan fingerprint density at radius 1 is 1.18 bits per heavy atom. The van der Waals surface area contributed by atoms with Gasteiger partial charge >= 0.3 is 6.09 Å². The summed E-state index contributed by atoms with van der Waals surface area (Å²) < 4.78 is 4.93. The summed E-state index contributed by atoms with van der Waals surface area (Å²) in [5.41, 5.74) is 3.94. The fourth-order valence-corrected chi connectivity index (χ4v) is 4.11. The van der Waals surface area contributed by atoms with Crippen LogP contribution in [-0.4, -0.2) is 50.5 Å². The Kier molecular flexibility index (Phi) is 6.94. The van der Waals surface area contributed by atoms with Crippen LogP contribution in [0.25, 0.3) is 11.0 Å². The number of fused-ring (bicyclic) bond motifs is 1. The van der Waals surface area contributed by atoms with Gasteiger partial charge in [-0.15, -0.1) is 11.3 Å². The van der Waals surface area contributed by atoms with E-state index < -0.39 is 6.09 Å². The molecule has 9 nitrogen and oxygen atoms in total. The Bertz CT molecular complexity index is 1230. The summed E-state index contributed by atoms with van der Waals surface area (Å²) >= 11 is 1.38. The Morgan fingerprint density at radius 2 is 2.03 bits per heavy atom. The third-order valence-electron chi connectivity index (χ3n) is 5.13. The number of carbonyl (C=O) groups is 2. The second kappa shape index (κ2) is 10.2. The van der Waals surface area contributed by atoms with Crippen LogP contribution in [0.4, 0.5) is 4.79 Å². The molecule has 0 radical (unpaired) electrons. The topological polar surface area (TPSA) is 113 Å². The molecule has 4 rings (SSSR count). The first kappa shape index (κ1) is 22.4. The Morgan fingerprint density at radius 3 is 2.82 bits per heavy atom. The standard InChI is InChI=1S/C23H24N6O3S/c1-15-6-5-10-24-18(15)12-25-22(30)19-14-33-21(28-19)9-11-29(23(31)32-2)13-20-26-16-7-3-4-8-17(16)27-20/h3-8,10,14H,9,11-13H2,1-2H3,(H,25,30)(H,26,27). The van der Waals surface area contributed by atoms with E-state index in [2.05, 4.69) is 25.3 Å². The molecule has 170 valence electrons. The van der Waals surface area contributed by atoms with Gasteiger partial charge in [-0.25, -0.2) is 14.8 Å². The van der Waals surface area contributed by atoms with E-state index in [9.17, 15) is 9.59 Å². The average molecular weight is 465 g/mol. The number of carbonyl (C=O) groups excluding carboxylic acids is 2. The molecule has 4 aromatic rings. The molecular formula is C23H24N6O3S. The van der Waals surface area contributed by atoms with Crippen molar-refractivity contribution in [3.8, 4) is 0 Å². The lowest BCUT2D eigenvalue weighted by Gasteiger charge is -2.19. The smallest absolute Gasteiger partial charge is 0.409 e. The number of imidazole rings is 1. The number of benzene rings is 1. The number of pyridine rings is 1. The van der Waals surface area contributed by atoms with Gasteiger partial charge in [-0.3, -0.25) is 9.78 Å². The first-order chi connectivity index (χ1) is 16.0. The number of nitrogens with zero attached hydrogens (tertiary/aromatic N) is 4. The monoisotopic (exact) mass is 464 g/mol. The van der Waals surface area contributed by atoms with E-state index in [4.69, 9.17) is 4.74 Å². The van der Waals surface area contributed by atoms with E-state index in [-0.39, 0.29) is 12.5 Å². The van der Waals surface area contributed by atoms with Crippen molar-refractivity contribution in [3.05, 3.63) is 75.8 Å². The van der Waals surface area contributed by atoms with Crippen LogP contribution in [0, 0.1) is 6.92 Å². The summed E-state index contributed by atoms with van der Waals surface area (Å²) in [6.07, 6.45) is 1.75. The number of aromatic nitrogens is 4. The van der Waals surface area contributed by atoms with Crippen LogP contribution < -0.4 is 5.32 Å². The van der Waals surface area contributed by atoms with Gasteiger partial charge in [0.1, 0.15) is 11.5 Å². The maximum atomic E-state index is 12.5. The predicted octanol–water partition coefficient (Wildman–Crippen LogP) is 3.46. The van der Waals surface area contributed by atoms with E-state index in [1.807, 2.05) is 43.3 Å². The fraction of sp³-hybridized carbons (Fsp3) is 0.261. The SMILES string of the molecule is COC(=O)N(CCc1nc(C(=O)NCc2ncccc2C)cs1)Cc1nc2ccccc2[nH]1. The van der Waals surface area contributed by atoms with Gasteiger partial charge in [0, 0.05) is 24.5 Å². The number of aryl methyl sites for hydroxylation is 1. The summed E-state index contributed by atoms with van der Waals surface area (Å²) in [5.74, 6) is 0.417. The molecule has 0 aliphatic rings. The van der Waals surface area contributed by atoms with Crippen LogP contribution in [0.2, 0.25) is 0 Å². The van der Waals surface area contributed by atoms with Gasteiger partial charge in [0.25, 0.3) is 5.91 Å². The third-order valence-corrected chi connectivity index (χ3v) is 6.03. The van der Waals surface area contributed by atoms with Crippen molar-refractivity contribution >= 4 is 34.4 Å². The highest BCUT2D eigenvalue weighted by Crippen LogP contribution is 2.15. The number of para-hydroxylation sites is 2. The quantitative estimate of drug-likeness (QED) is 0.413. The van der Waals surface area contributed by atoms with E-state index in [0.717, 1.165) is 27.3 Å². The van der Waals surface area contributed by atoms with Gasteiger partial charge in [-0.2, -0.15) is 0 Å². The molecule has 0 fully saturated rings. The molecule has 0 atom stereocenters. The van der Waals surface area contributed by atoms with Crippen LogP contribution >= 0.6 is 11.3 Å². The maximum Gasteiger partial charge on any atom is 0.409 e. The van der Waals surface area contributed by atoms with Gasteiger partial charge in [0.15, 0.2) is 0 Å². The molecule has 33 heavy (non-hydrogen) atoms. The van der Waals surface area contributed by atoms with Gasteiger partial charge < -0.3 is 19.9 Å². The highest BCUT2D eigenvalue weighted by molar-refractivity contribution is 7.09. The number of hydrogen-bond acceptors (Lipinski definition) is 7. The molecule has 2 N–H and O–H groups in total. The van der Waals surface area contributed by atoms with Crippen molar-refractivity contribution in [1.29, 1.82) is 0 Å². The first-order valence-corrected chi connectivity index (χ1v) is 11.3. The summed E-state index contributed by atoms with van der Waals surface area (Å²) in [6.45, 7) is 2.95. The number of amides is 2. The lowest BCUT2D eigenvalue weighted by molar-refractivity contribution is 0.0945. The minimum absolute atomic E-state index is 0.255. The molecule has 0 aliphatic carbocycles. The van der Waals surface area contributed by atoms with Crippen LogP contribution in [0.3, 0.4) is 0 Å². The zero-order valence-corrected chi connectivity index (χ0v) is 19.2. The molecule has 0 unspecified atom stereocenters. The van der Waals surface area contributed by atoms with Crippen LogP contribution in [-0.2, 0) is 24.2 Å². The van der Waals surface area contributed by atoms with Crippen molar-refractivity contribution in [2.75, 3.05) is 13.7 Å². The largest absolute Gasteiger partial charge is 0.453 e. The molecule has 3 aromatic heterocycles. The molecule has 2 amide bonds. The van der Waals surface area contributed by atoms with Crippen LogP contribution in [0.15, 0.2) is 48.0 Å². The van der Waals surface area contributed by atoms with Gasteiger partial charge in [0.05, 0.1) is 41.9 Å². The highest BCUT2D eigenvalue weighted by atomic mass is 32.1. The second-order valence-electron chi connectivity index (χ2n) is 7.42. The Labute approximate surface area is 194 Å². The van der Waals surface area contributed by atoms with Crippen molar-refractivity contribution < 1.29 is 14.3 Å². The molecule has 1 aromatic carbocycles. The predicted molar refractivity (Wildman–Crippen MR) is 125 cm³/mol. The summed E-state index contributed by atoms with van der Waals surface area (Å²) in [4.78, 5) is 42.8. The number of aromatic amines is 1. The molecule has 0 aliphatic heterocycles. The minimum atomic E-state index is -0.448. The fourth-order valence-electron chi connectivity index (χ4n) is 3.34. The lowest BCUT2D eigenvalue weighted by Crippen LogP contribution is -2.32. The number of thiazole rings is 1. The van der Waals surface area contributed by atoms with Crippen molar-refractivity contribution in [3.63, 3.8) is 0 Å². The first-order valence-electron chi connectivity index (χ1n) is 10.4. The summed E-state index contributed by atoms with van der Waals surface area (Å²) in [7, 11) is 1.35. The lowest BCUT2D eigenvalue weighted by atomic mass is 10.2. The number of H-pyrrole nitrogens is 1. The molecule has 10 heteroatoms. The Hall–Kier alpha value is -3.79. The van der Waals surface area contributed by atoms with Gasteiger partial charge in [-0.05, 0) is 30.7 Å². The normalized spacial score (nSPS) is 10.8. The summed E-state index contributed by atoms with van der Waals surface area (Å²) in [5, 5.41) is 5.33. The minimum Gasteiger partial charge on any atom is -0.453 e. The van der Waals surface area contributed by atoms with Crippen molar-refractivity contribution in [2.24, 2.45) is 0 Å². The number of hydrogen-bond donors (Lipinski definition) is 2.